The van der Waals surface area contributed by atoms with Crippen molar-refractivity contribution in [1.82, 2.24) is 0 Å². The van der Waals surface area contributed by atoms with Crippen molar-refractivity contribution in [3.8, 4) is 5.75 Å². The van der Waals surface area contributed by atoms with Crippen molar-refractivity contribution >= 4 is 21.9 Å². The van der Waals surface area contributed by atoms with Gasteiger partial charge in [0.05, 0.1) is 0 Å². The molecule has 0 saturated heterocycles. The van der Waals surface area contributed by atoms with Gasteiger partial charge in [0.2, 0.25) is 0 Å². The van der Waals surface area contributed by atoms with Gasteiger partial charge in [0.15, 0.2) is 0 Å². The smallest absolute Gasteiger partial charge is 0.317 e. The van der Waals surface area contributed by atoms with E-state index in [9.17, 15) is 4.79 Å². The van der Waals surface area contributed by atoms with E-state index in [0.717, 1.165) is 11.1 Å². The van der Waals surface area contributed by atoms with Gasteiger partial charge in [-0.05, 0) is 36.6 Å². The molecule has 14 heavy (non-hydrogen) atoms. The molecule has 0 aliphatic rings. The first-order chi connectivity index (χ1) is 6.50. The number of aryl methyl sites for hydroxylation is 1. The molecule has 0 amide bonds. The molecule has 3 nitrogen and oxygen atoms in total. The number of carboxylic acids is 1. The lowest BCUT2D eigenvalue weighted by Crippen LogP contribution is -2.15. The first-order valence-corrected chi connectivity index (χ1v) is 5.07. The van der Waals surface area contributed by atoms with Gasteiger partial charge in [-0.2, -0.15) is 0 Å². The zero-order valence-electron chi connectivity index (χ0n) is 7.70. The van der Waals surface area contributed by atoms with Gasteiger partial charge >= 0.3 is 5.97 Å². The molecule has 76 valence electrons. The molecule has 2 N–H and O–H groups in total. The number of alkyl halides is 1. The molecule has 1 atom stereocenters. The fourth-order valence-electron chi connectivity index (χ4n) is 1.19. The maximum absolute atomic E-state index is 10.6. The van der Waals surface area contributed by atoms with Crippen molar-refractivity contribution in [2.24, 2.45) is 0 Å². The normalized spacial score (nSPS) is 12.4. The van der Waals surface area contributed by atoms with Crippen LogP contribution in [0, 0.1) is 6.92 Å². The number of phenolic OH excluding ortho intramolecular Hbond substituents is 1. The molecule has 0 radical (unpaired) electrons. The van der Waals surface area contributed by atoms with Crippen molar-refractivity contribution in [1.29, 1.82) is 0 Å². The summed E-state index contributed by atoms with van der Waals surface area (Å²) < 4.78 is 0. The number of carbonyl (C=O) groups is 1. The van der Waals surface area contributed by atoms with Gasteiger partial charge in [-0.25, -0.2) is 0 Å². The second kappa shape index (κ2) is 4.46. The Bertz CT molecular complexity index is 349. The molecule has 0 aliphatic heterocycles. The molecule has 1 rings (SSSR count). The second-order valence-corrected chi connectivity index (χ2v) is 4.23. The Kier molecular flexibility index (Phi) is 3.52. The van der Waals surface area contributed by atoms with E-state index in [-0.39, 0.29) is 5.75 Å². The molecule has 0 heterocycles. The van der Waals surface area contributed by atoms with Gasteiger partial charge in [-0.15, -0.1) is 0 Å². The predicted molar refractivity (Wildman–Crippen MR) is 56.9 cm³/mol. The van der Waals surface area contributed by atoms with E-state index in [1.807, 2.05) is 6.92 Å². The number of aliphatic carboxylic acids is 1. The number of hydrogen-bond acceptors (Lipinski definition) is 2. The largest absolute Gasteiger partial charge is 0.508 e. The third-order valence-corrected chi connectivity index (χ3v) is 2.71. The lowest BCUT2D eigenvalue weighted by molar-refractivity contribution is -0.136. The number of rotatable bonds is 3. The summed E-state index contributed by atoms with van der Waals surface area (Å²) in [5.74, 6) is -0.676. The Morgan fingerprint density at radius 1 is 1.57 bits per heavy atom. The van der Waals surface area contributed by atoms with Gasteiger partial charge in [0.25, 0.3) is 0 Å². The number of carboxylic acid groups (broad SMARTS) is 1. The van der Waals surface area contributed by atoms with Crippen LogP contribution in [0.25, 0.3) is 0 Å². The fraction of sp³-hybridized carbons (Fsp3) is 0.300. The van der Waals surface area contributed by atoms with E-state index in [2.05, 4.69) is 15.9 Å². The maximum Gasteiger partial charge on any atom is 0.317 e. The van der Waals surface area contributed by atoms with Gasteiger partial charge in [0.1, 0.15) is 10.6 Å². The van der Waals surface area contributed by atoms with E-state index in [1.54, 1.807) is 18.2 Å². The van der Waals surface area contributed by atoms with Gasteiger partial charge < -0.3 is 10.2 Å². The quantitative estimate of drug-likeness (QED) is 0.817. The minimum Gasteiger partial charge on any atom is -0.508 e. The molecule has 0 aliphatic carbocycles. The van der Waals surface area contributed by atoms with Crippen molar-refractivity contribution in [3.63, 3.8) is 0 Å². The van der Waals surface area contributed by atoms with E-state index in [0.29, 0.717) is 6.42 Å². The monoisotopic (exact) mass is 258 g/mol. The van der Waals surface area contributed by atoms with Crippen LogP contribution in [0.4, 0.5) is 0 Å². The van der Waals surface area contributed by atoms with Crippen molar-refractivity contribution in [3.05, 3.63) is 29.3 Å². The van der Waals surface area contributed by atoms with Crippen molar-refractivity contribution in [2.75, 3.05) is 0 Å². The average Bonchev–Trinajstić information content (AvgIpc) is 2.09. The molecule has 4 heteroatoms. The Morgan fingerprint density at radius 3 is 2.71 bits per heavy atom. The summed E-state index contributed by atoms with van der Waals surface area (Å²) in [6.45, 7) is 1.84. The molecule has 1 aromatic rings. The highest BCUT2D eigenvalue weighted by molar-refractivity contribution is 9.10. The van der Waals surface area contributed by atoms with Crippen LogP contribution in [-0.2, 0) is 11.2 Å². The summed E-state index contributed by atoms with van der Waals surface area (Å²) in [5, 5.41) is 17.8. The summed E-state index contributed by atoms with van der Waals surface area (Å²) in [5.41, 5.74) is 1.82. The fourth-order valence-corrected chi connectivity index (χ4v) is 1.54. The number of phenols is 1. The standard InChI is InChI=1S/C10H11BrO3/c1-6-4-8(12)3-2-7(6)5-9(11)10(13)14/h2-4,9,12H,5H2,1H3,(H,13,14). The topological polar surface area (TPSA) is 57.5 Å². The van der Waals surface area contributed by atoms with E-state index in [4.69, 9.17) is 10.2 Å². The zero-order valence-corrected chi connectivity index (χ0v) is 9.28. The van der Waals surface area contributed by atoms with Gasteiger partial charge in [-0.3, -0.25) is 4.79 Å². The Hall–Kier alpha value is -1.03. The molecule has 0 saturated carbocycles. The van der Waals surface area contributed by atoms with Crippen LogP contribution in [0.2, 0.25) is 0 Å². The van der Waals surface area contributed by atoms with Gasteiger partial charge in [-0.1, -0.05) is 22.0 Å². The summed E-state index contributed by atoms with van der Waals surface area (Å²) in [7, 11) is 0. The Morgan fingerprint density at radius 2 is 2.21 bits per heavy atom. The third kappa shape index (κ3) is 2.73. The van der Waals surface area contributed by atoms with Crippen molar-refractivity contribution in [2.45, 2.75) is 18.2 Å². The molecule has 0 aromatic heterocycles. The molecular weight excluding hydrogens is 248 g/mol. The molecule has 0 spiro atoms. The SMILES string of the molecule is Cc1cc(O)ccc1CC(Br)C(=O)O. The minimum absolute atomic E-state index is 0.202. The summed E-state index contributed by atoms with van der Waals surface area (Å²) in [6, 6.07) is 4.92. The second-order valence-electron chi connectivity index (χ2n) is 3.12. The third-order valence-electron chi connectivity index (χ3n) is 1.99. The highest BCUT2D eigenvalue weighted by atomic mass is 79.9. The van der Waals surface area contributed by atoms with Crippen LogP contribution in [-0.4, -0.2) is 21.0 Å². The minimum atomic E-state index is -0.877. The molecular formula is C10H11BrO3. The highest BCUT2D eigenvalue weighted by Crippen LogP contribution is 2.19. The number of hydrogen-bond donors (Lipinski definition) is 2. The number of aromatic hydroxyl groups is 1. The van der Waals surface area contributed by atoms with Gasteiger partial charge in [0, 0.05) is 0 Å². The predicted octanol–water partition coefficient (Wildman–Crippen LogP) is 2.09. The maximum atomic E-state index is 10.6. The molecule has 0 bridgehead atoms. The summed E-state index contributed by atoms with van der Waals surface area (Å²) >= 11 is 3.07. The van der Waals surface area contributed by atoms with Crippen LogP contribution in [0.15, 0.2) is 18.2 Å². The number of benzene rings is 1. The van der Waals surface area contributed by atoms with Crippen LogP contribution in [0.3, 0.4) is 0 Å². The Labute approximate surface area is 90.5 Å². The summed E-state index contributed by atoms with van der Waals surface area (Å²) in [6.07, 6.45) is 0.418. The molecule has 1 unspecified atom stereocenters. The first-order valence-electron chi connectivity index (χ1n) is 4.16. The first kappa shape index (κ1) is 11.0. The zero-order chi connectivity index (χ0) is 10.7. The van der Waals surface area contributed by atoms with Crippen LogP contribution in [0.5, 0.6) is 5.75 Å². The lowest BCUT2D eigenvalue weighted by atomic mass is 10.0. The molecule has 0 fully saturated rings. The average molecular weight is 259 g/mol. The Balaban J connectivity index is 2.82. The number of halogens is 1. The van der Waals surface area contributed by atoms with E-state index in [1.165, 1.54) is 0 Å². The van der Waals surface area contributed by atoms with Crippen LogP contribution >= 0.6 is 15.9 Å². The lowest BCUT2D eigenvalue weighted by Gasteiger charge is -2.08. The van der Waals surface area contributed by atoms with Crippen LogP contribution < -0.4 is 0 Å². The molecule has 1 aromatic carbocycles. The van der Waals surface area contributed by atoms with Crippen molar-refractivity contribution < 1.29 is 15.0 Å². The highest BCUT2D eigenvalue weighted by Gasteiger charge is 2.14. The van der Waals surface area contributed by atoms with E-state index < -0.39 is 10.8 Å². The van der Waals surface area contributed by atoms with Crippen LogP contribution in [0.1, 0.15) is 11.1 Å². The summed E-state index contributed by atoms with van der Waals surface area (Å²) in [4.78, 5) is 10.0. The van der Waals surface area contributed by atoms with E-state index >= 15 is 0 Å².